The largest absolute Gasteiger partial charge is 0.449 e. The van der Waals surface area contributed by atoms with Crippen LogP contribution < -0.4 is 5.32 Å². The molecule has 0 unspecified atom stereocenters. The molecule has 0 aromatic carbocycles. The molecule has 0 saturated carbocycles. The molecule has 0 spiro atoms. The van der Waals surface area contributed by atoms with Gasteiger partial charge in [-0.1, -0.05) is 0 Å². The van der Waals surface area contributed by atoms with E-state index in [0.29, 0.717) is 30.9 Å². The van der Waals surface area contributed by atoms with Crippen molar-refractivity contribution in [2.75, 3.05) is 13.7 Å². The predicted molar refractivity (Wildman–Crippen MR) is 63.7 cm³/mol. The Morgan fingerprint density at radius 3 is 2.63 bits per heavy atom. The Balaban J connectivity index is 2.46. The van der Waals surface area contributed by atoms with Gasteiger partial charge in [0, 0.05) is 32.3 Å². The highest BCUT2D eigenvalue weighted by Crippen LogP contribution is 2.32. The zero-order chi connectivity index (χ0) is 14.3. The van der Waals surface area contributed by atoms with E-state index in [9.17, 15) is 13.2 Å². The summed E-state index contributed by atoms with van der Waals surface area (Å²) in [6.07, 6.45) is -3.89. The van der Waals surface area contributed by atoms with Crippen molar-refractivity contribution in [2.24, 2.45) is 0 Å². The van der Waals surface area contributed by atoms with Crippen LogP contribution in [0.15, 0.2) is 0 Å². The minimum absolute atomic E-state index is 0.140. The van der Waals surface area contributed by atoms with Crippen molar-refractivity contribution >= 4 is 0 Å². The fourth-order valence-corrected chi connectivity index (χ4v) is 2.20. The van der Waals surface area contributed by atoms with Crippen LogP contribution in [0.2, 0.25) is 0 Å². The van der Waals surface area contributed by atoms with Gasteiger partial charge < -0.3 is 14.6 Å². The number of rotatable bonds is 3. The van der Waals surface area contributed by atoms with Crippen LogP contribution in [0.3, 0.4) is 0 Å². The van der Waals surface area contributed by atoms with Gasteiger partial charge in [-0.15, -0.1) is 0 Å². The van der Waals surface area contributed by atoms with Gasteiger partial charge in [-0.25, -0.2) is 4.98 Å². The summed E-state index contributed by atoms with van der Waals surface area (Å²) in [6.45, 7) is 4.73. The van der Waals surface area contributed by atoms with Gasteiger partial charge in [-0.3, -0.25) is 0 Å². The highest BCUT2D eigenvalue weighted by Gasteiger charge is 2.40. The van der Waals surface area contributed by atoms with E-state index in [0.717, 1.165) is 0 Å². The number of alkyl halides is 3. The predicted octanol–water partition coefficient (Wildman–Crippen LogP) is 1.97. The molecular weight excluding hydrogens is 259 g/mol. The summed E-state index contributed by atoms with van der Waals surface area (Å²) in [7, 11) is 1.50. The van der Waals surface area contributed by atoms with Crippen molar-refractivity contribution in [1.29, 1.82) is 0 Å². The Morgan fingerprint density at radius 1 is 1.37 bits per heavy atom. The highest BCUT2D eigenvalue weighted by molar-refractivity contribution is 5.22. The minimum Gasteiger partial charge on any atom is -0.377 e. The number of imidazole rings is 1. The van der Waals surface area contributed by atoms with Crippen LogP contribution in [0.1, 0.15) is 31.1 Å². The van der Waals surface area contributed by atoms with Crippen LogP contribution in [-0.2, 0) is 30.4 Å². The molecule has 0 radical (unpaired) electrons. The lowest BCUT2D eigenvalue weighted by molar-refractivity contribution is -0.148. The molecule has 7 heteroatoms. The maximum atomic E-state index is 13.1. The second-order valence-electron chi connectivity index (χ2n) is 5.30. The first-order valence-electron chi connectivity index (χ1n) is 6.16. The maximum Gasteiger partial charge on any atom is 0.449 e. The Bertz CT molecular complexity index is 466. The van der Waals surface area contributed by atoms with Crippen LogP contribution in [0, 0.1) is 0 Å². The lowest BCUT2D eigenvalue weighted by Crippen LogP contribution is -2.33. The number of hydrogen-bond donors (Lipinski definition) is 1. The number of methoxy groups -OCH3 is 1. The van der Waals surface area contributed by atoms with Crippen LogP contribution in [0.25, 0.3) is 0 Å². The van der Waals surface area contributed by atoms with Gasteiger partial charge in [0.05, 0.1) is 17.8 Å². The second-order valence-corrected chi connectivity index (χ2v) is 5.30. The molecule has 0 atom stereocenters. The first-order chi connectivity index (χ1) is 8.74. The van der Waals surface area contributed by atoms with Crippen LogP contribution >= 0.6 is 0 Å². The summed E-state index contributed by atoms with van der Waals surface area (Å²) in [5, 5.41) is 3.04. The van der Waals surface area contributed by atoms with Gasteiger partial charge in [0.2, 0.25) is 5.82 Å². The molecule has 1 aromatic rings. The Kier molecular flexibility index (Phi) is 3.61. The summed E-state index contributed by atoms with van der Waals surface area (Å²) >= 11 is 0. The maximum absolute atomic E-state index is 13.1. The van der Waals surface area contributed by atoms with Crippen molar-refractivity contribution in [1.82, 2.24) is 14.9 Å². The SMILES string of the molecule is COC(C)(C)Cn1c(C(F)(F)F)nc2c1CCNC2. The van der Waals surface area contributed by atoms with E-state index in [1.165, 1.54) is 11.7 Å². The van der Waals surface area contributed by atoms with E-state index in [-0.39, 0.29) is 6.54 Å². The summed E-state index contributed by atoms with van der Waals surface area (Å²) in [5.74, 6) is -0.827. The Labute approximate surface area is 110 Å². The third kappa shape index (κ3) is 2.92. The molecule has 1 aliphatic rings. The summed E-state index contributed by atoms with van der Waals surface area (Å²) in [4.78, 5) is 3.76. The number of fused-ring (bicyclic) bond motifs is 1. The number of ether oxygens (including phenoxy) is 1. The summed E-state index contributed by atoms with van der Waals surface area (Å²) in [5.41, 5.74) is 0.487. The van der Waals surface area contributed by atoms with Crippen molar-refractivity contribution in [3.8, 4) is 0 Å². The molecular formula is C12H18F3N3O. The molecule has 0 aliphatic carbocycles. The van der Waals surface area contributed by atoms with E-state index in [1.54, 1.807) is 13.8 Å². The van der Waals surface area contributed by atoms with Crippen LogP contribution in [0.5, 0.6) is 0 Å². The number of hydrogen-bond acceptors (Lipinski definition) is 3. The topological polar surface area (TPSA) is 39.1 Å². The number of nitrogens with zero attached hydrogens (tertiary/aromatic N) is 2. The fourth-order valence-electron chi connectivity index (χ4n) is 2.20. The first kappa shape index (κ1) is 14.3. The molecule has 4 nitrogen and oxygen atoms in total. The van der Waals surface area contributed by atoms with Gasteiger partial charge >= 0.3 is 6.18 Å². The zero-order valence-electron chi connectivity index (χ0n) is 11.3. The molecule has 0 saturated heterocycles. The second kappa shape index (κ2) is 4.79. The van der Waals surface area contributed by atoms with Gasteiger partial charge in [-0.2, -0.15) is 13.2 Å². The normalized spacial score (nSPS) is 16.5. The van der Waals surface area contributed by atoms with E-state index in [1.807, 2.05) is 0 Å². The molecule has 0 amide bonds. The average molecular weight is 277 g/mol. The smallest absolute Gasteiger partial charge is 0.377 e. The first-order valence-corrected chi connectivity index (χ1v) is 6.16. The Hall–Kier alpha value is -1.08. The molecule has 2 heterocycles. The lowest BCUT2D eigenvalue weighted by Gasteiger charge is -2.26. The van der Waals surface area contributed by atoms with E-state index in [4.69, 9.17) is 4.74 Å². The summed E-state index contributed by atoms with van der Waals surface area (Å²) in [6, 6.07) is 0. The highest BCUT2D eigenvalue weighted by atomic mass is 19.4. The van der Waals surface area contributed by atoms with Crippen molar-refractivity contribution in [3.05, 3.63) is 17.2 Å². The molecule has 19 heavy (non-hydrogen) atoms. The van der Waals surface area contributed by atoms with Crippen molar-refractivity contribution in [2.45, 2.75) is 45.1 Å². The standard InChI is InChI=1S/C12H18F3N3O/c1-11(2,19-3)7-18-9-4-5-16-6-8(9)17-10(18)12(13,14)15/h16H,4-7H2,1-3H3. The lowest BCUT2D eigenvalue weighted by atomic mass is 10.1. The molecule has 108 valence electrons. The molecule has 0 fully saturated rings. The average Bonchev–Trinajstić information content (AvgIpc) is 2.68. The zero-order valence-corrected chi connectivity index (χ0v) is 11.3. The third-order valence-electron chi connectivity index (χ3n) is 3.33. The monoisotopic (exact) mass is 277 g/mol. The number of nitrogens with one attached hydrogen (secondary N) is 1. The van der Waals surface area contributed by atoms with Crippen LogP contribution in [-0.4, -0.2) is 28.8 Å². The molecule has 1 aliphatic heterocycles. The van der Waals surface area contributed by atoms with Gasteiger partial charge in [0.15, 0.2) is 0 Å². The van der Waals surface area contributed by atoms with Crippen LogP contribution in [0.4, 0.5) is 13.2 Å². The van der Waals surface area contributed by atoms with Gasteiger partial charge in [0.25, 0.3) is 0 Å². The Morgan fingerprint density at radius 2 is 2.05 bits per heavy atom. The molecule has 1 N–H and O–H groups in total. The molecule has 2 rings (SSSR count). The van der Waals surface area contributed by atoms with E-state index in [2.05, 4.69) is 10.3 Å². The summed E-state index contributed by atoms with van der Waals surface area (Å²) < 4.78 is 45.7. The minimum atomic E-state index is -4.44. The van der Waals surface area contributed by atoms with E-state index < -0.39 is 17.6 Å². The number of aromatic nitrogens is 2. The quantitative estimate of drug-likeness (QED) is 0.918. The van der Waals surface area contributed by atoms with E-state index >= 15 is 0 Å². The fraction of sp³-hybridized carbons (Fsp3) is 0.750. The molecule has 1 aromatic heterocycles. The molecule has 0 bridgehead atoms. The number of halogens is 3. The van der Waals surface area contributed by atoms with Gasteiger partial charge in [0.1, 0.15) is 0 Å². The van der Waals surface area contributed by atoms with Gasteiger partial charge in [-0.05, 0) is 13.8 Å². The van der Waals surface area contributed by atoms with Crippen molar-refractivity contribution in [3.63, 3.8) is 0 Å². The van der Waals surface area contributed by atoms with Crippen molar-refractivity contribution < 1.29 is 17.9 Å². The third-order valence-corrected chi connectivity index (χ3v) is 3.33.